The normalized spacial score (nSPS) is 10.3. The first-order chi connectivity index (χ1) is 9.70. The molecular formula is C15H14ClNO2S. The average molecular weight is 308 g/mol. The first kappa shape index (κ1) is 14.9. The van der Waals surface area contributed by atoms with Gasteiger partial charge in [0.25, 0.3) is 0 Å². The van der Waals surface area contributed by atoms with Gasteiger partial charge in [0.05, 0.1) is 23.6 Å². The van der Waals surface area contributed by atoms with Crippen molar-refractivity contribution in [3.8, 4) is 5.75 Å². The monoisotopic (exact) mass is 307 g/mol. The van der Waals surface area contributed by atoms with Crippen LogP contribution in [0.25, 0.3) is 0 Å². The SMILES string of the molecule is CCOc1cncc(C(=O)CSc2ccccc2Cl)c1. The number of halogens is 1. The molecule has 20 heavy (non-hydrogen) atoms. The number of ether oxygens (including phenoxy) is 1. The fourth-order valence-electron chi connectivity index (χ4n) is 1.61. The molecule has 5 heteroatoms. The fourth-order valence-corrected chi connectivity index (χ4v) is 2.74. The van der Waals surface area contributed by atoms with Crippen LogP contribution in [0.5, 0.6) is 5.75 Å². The highest BCUT2D eigenvalue weighted by molar-refractivity contribution is 8.00. The van der Waals surface area contributed by atoms with Crippen LogP contribution in [-0.2, 0) is 0 Å². The zero-order valence-corrected chi connectivity index (χ0v) is 12.6. The number of pyridine rings is 1. The number of rotatable bonds is 6. The van der Waals surface area contributed by atoms with E-state index in [1.54, 1.807) is 18.5 Å². The van der Waals surface area contributed by atoms with Gasteiger partial charge in [-0.25, -0.2) is 0 Å². The number of nitrogens with zero attached hydrogens (tertiary/aromatic N) is 1. The first-order valence-corrected chi connectivity index (χ1v) is 7.55. The highest BCUT2D eigenvalue weighted by Crippen LogP contribution is 2.27. The minimum atomic E-state index is 0.00368. The van der Waals surface area contributed by atoms with Gasteiger partial charge in [-0.3, -0.25) is 9.78 Å². The zero-order valence-electron chi connectivity index (χ0n) is 11.0. The second-order valence-electron chi connectivity index (χ2n) is 3.98. The summed E-state index contributed by atoms with van der Waals surface area (Å²) in [5.41, 5.74) is 0.551. The number of ketones is 1. The van der Waals surface area contributed by atoms with E-state index in [9.17, 15) is 4.79 Å². The van der Waals surface area contributed by atoms with Gasteiger partial charge in [0, 0.05) is 16.7 Å². The maximum atomic E-state index is 12.1. The second kappa shape index (κ2) is 7.31. The van der Waals surface area contributed by atoms with Crippen molar-refractivity contribution in [3.63, 3.8) is 0 Å². The van der Waals surface area contributed by atoms with Crippen LogP contribution in [0.1, 0.15) is 17.3 Å². The lowest BCUT2D eigenvalue weighted by atomic mass is 10.2. The number of Topliss-reactive ketones (excluding diaryl/α,β-unsaturated/α-hetero) is 1. The molecule has 0 aliphatic rings. The largest absolute Gasteiger partial charge is 0.492 e. The number of hydrogen-bond acceptors (Lipinski definition) is 4. The lowest BCUT2D eigenvalue weighted by molar-refractivity contribution is 0.102. The molecule has 1 aromatic carbocycles. The van der Waals surface area contributed by atoms with Crippen LogP contribution in [0.4, 0.5) is 0 Å². The summed E-state index contributed by atoms with van der Waals surface area (Å²) in [5.74, 6) is 0.936. The van der Waals surface area contributed by atoms with Gasteiger partial charge in [-0.05, 0) is 25.1 Å². The second-order valence-corrected chi connectivity index (χ2v) is 5.41. The van der Waals surface area contributed by atoms with E-state index in [2.05, 4.69) is 4.98 Å². The van der Waals surface area contributed by atoms with Crippen LogP contribution in [0.15, 0.2) is 47.6 Å². The molecule has 0 aliphatic heterocycles. The molecule has 0 saturated carbocycles. The van der Waals surface area contributed by atoms with Crippen molar-refractivity contribution in [1.29, 1.82) is 0 Å². The third-order valence-corrected chi connectivity index (χ3v) is 4.06. The van der Waals surface area contributed by atoms with Crippen LogP contribution in [-0.4, -0.2) is 23.1 Å². The Morgan fingerprint density at radius 3 is 2.90 bits per heavy atom. The van der Waals surface area contributed by atoms with E-state index in [1.807, 2.05) is 31.2 Å². The minimum Gasteiger partial charge on any atom is -0.492 e. The molecule has 0 amide bonds. The Kier molecular flexibility index (Phi) is 5.44. The van der Waals surface area contributed by atoms with E-state index in [1.165, 1.54) is 11.8 Å². The van der Waals surface area contributed by atoms with Gasteiger partial charge in [0.2, 0.25) is 0 Å². The predicted molar refractivity (Wildman–Crippen MR) is 81.9 cm³/mol. The summed E-state index contributed by atoms with van der Waals surface area (Å²) in [6, 6.07) is 9.19. The number of thioether (sulfide) groups is 1. The van der Waals surface area contributed by atoms with Crippen molar-refractivity contribution < 1.29 is 9.53 Å². The van der Waals surface area contributed by atoms with Crippen molar-refractivity contribution in [2.24, 2.45) is 0 Å². The third-order valence-electron chi connectivity index (χ3n) is 2.54. The molecule has 0 atom stereocenters. The molecule has 0 unspecified atom stereocenters. The lowest BCUT2D eigenvalue weighted by Crippen LogP contribution is -2.04. The van der Waals surface area contributed by atoms with E-state index in [0.29, 0.717) is 28.7 Å². The minimum absolute atomic E-state index is 0.00368. The van der Waals surface area contributed by atoms with Crippen LogP contribution in [0, 0.1) is 0 Å². The van der Waals surface area contributed by atoms with Crippen molar-refractivity contribution >= 4 is 29.1 Å². The van der Waals surface area contributed by atoms with Crippen LogP contribution in [0.3, 0.4) is 0 Å². The summed E-state index contributed by atoms with van der Waals surface area (Å²) in [7, 11) is 0. The van der Waals surface area contributed by atoms with Gasteiger partial charge in [-0.1, -0.05) is 23.7 Å². The Hall–Kier alpha value is -1.52. The third kappa shape index (κ3) is 3.99. The van der Waals surface area contributed by atoms with E-state index >= 15 is 0 Å². The number of carbonyl (C=O) groups is 1. The highest BCUT2D eigenvalue weighted by atomic mass is 35.5. The van der Waals surface area contributed by atoms with Gasteiger partial charge >= 0.3 is 0 Å². The van der Waals surface area contributed by atoms with Gasteiger partial charge in [0.1, 0.15) is 5.75 Å². The maximum absolute atomic E-state index is 12.1. The molecule has 104 valence electrons. The molecule has 0 saturated heterocycles. The molecule has 0 bridgehead atoms. The Labute approximate surface area is 127 Å². The summed E-state index contributed by atoms with van der Waals surface area (Å²) >= 11 is 7.47. The lowest BCUT2D eigenvalue weighted by Gasteiger charge is -2.05. The van der Waals surface area contributed by atoms with Crippen LogP contribution in [0.2, 0.25) is 5.02 Å². The Bertz CT molecular complexity index is 604. The fraction of sp³-hybridized carbons (Fsp3) is 0.200. The summed E-state index contributed by atoms with van der Waals surface area (Å²) < 4.78 is 5.34. The standard InChI is InChI=1S/C15H14ClNO2S/c1-2-19-12-7-11(8-17-9-12)14(18)10-20-15-6-4-3-5-13(15)16/h3-9H,2,10H2,1H3. The molecule has 0 fully saturated rings. The topological polar surface area (TPSA) is 39.2 Å². The van der Waals surface area contributed by atoms with Crippen molar-refractivity contribution in [2.45, 2.75) is 11.8 Å². The summed E-state index contributed by atoms with van der Waals surface area (Å²) in [5, 5.41) is 0.659. The summed E-state index contributed by atoms with van der Waals surface area (Å²) in [4.78, 5) is 17.0. The van der Waals surface area contributed by atoms with Gasteiger partial charge in [0.15, 0.2) is 5.78 Å². The number of aromatic nitrogens is 1. The molecule has 0 radical (unpaired) electrons. The molecule has 3 nitrogen and oxygen atoms in total. The average Bonchev–Trinajstić information content (AvgIpc) is 2.47. The quantitative estimate of drug-likeness (QED) is 0.595. The molecular weight excluding hydrogens is 294 g/mol. The van der Waals surface area contributed by atoms with E-state index in [4.69, 9.17) is 16.3 Å². The van der Waals surface area contributed by atoms with Gasteiger partial charge < -0.3 is 4.74 Å². The Balaban J connectivity index is 2.01. The molecule has 1 aromatic heterocycles. The van der Waals surface area contributed by atoms with E-state index in [0.717, 1.165) is 4.90 Å². The van der Waals surface area contributed by atoms with Crippen molar-refractivity contribution in [1.82, 2.24) is 4.98 Å². The Morgan fingerprint density at radius 1 is 1.35 bits per heavy atom. The van der Waals surface area contributed by atoms with Crippen molar-refractivity contribution in [2.75, 3.05) is 12.4 Å². The summed E-state index contributed by atoms with van der Waals surface area (Å²) in [6.45, 7) is 2.44. The molecule has 2 aromatic rings. The number of hydrogen-bond donors (Lipinski definition) is 0. The molecule has 0 N–H and O–H groups in total. The van der Waals surface area contributed by atoms with E-state index in [-0.39, 0.29) is 5.78 Å². The maximum Gasteiger partial charge on any atom is 0.174 e. The van der Waals surface area contributed by atoms with Gasteiger partial charge in [-0.2, -0.15) is 0 Å². The molecule has 0 aliphatic carbocycles. The zero-order chi connectivity index (χ0) is 14.4. The molecule has 2 rings (SSSR count). The summed E-state index contributed by atoms with van der Waals surface area (Å²) in [6.07, 6.45) is 3.15. The smallest absolute Gasteiger partial charge is 0.174 e. The highest BCUT2D eigenvalue weighted by Gasteiger charge is 2.09. The van der Waals surface area contributed by atoms with Crippen LogP contribution >= 0.6 is 23.4 Å². The number of benzene rings is 1. The van der Waals surface area contributed by atoms with Gasteiger partial charge in [-0.15, -0.1) is 11.8 Å². The molecule has 0 spiro atoms. The number of carbonyl (C=O) groups excluding carboxylic acids is 1. The van der Waals surface area contributed by atoms with Crippen molar-refractivity contribution in [3.05, 3.63) is 53.3 Å². The van der Waals surface area contributed by atoms with E-state index < -0.39 is 0 Å². The predicted octanol–water partition coefficient (Wildman–Crippen LogP) is 4.11. The first-order valence-electron chi connectivity index (χ1n) is 6.19. The Morgan fingerprint density at radius 2 is 2.15 bits per heavy atom. The van der Waals surface area contributed by atoms with Crippen LogP contribution < -0.4 is 4.74 Å². The molecule has 1 heterocycles.